The summed E-state index contributed by atoms with van der Waals surface area (Å²) in [5, 5.41) is 9.69. The topological polar surface area (TPSA) is 35.6 Å². The van der Waals surface area contributed by atoms with Crippen LogP contribution in [0.2, 0.25) is 0 Å². The van der Waals surface area contributed by atoms with E-state index in [0.717, 1.165) is 76.8 Å². The van der Waals surface area contributed by atoms with Crippen LogP contribution in [0.1, 0.15) is 0 Å². The smallest absolute Gasteiger partial charge is 0.235 e. The second kappa shape index (κ2) is 15.0. The van der Waals surface area contributed by atoms with Crippen molar-refractivity contribution >= 4 is 86.7 Å². The molecule has 4 nitrogen and oxygen atoms in total. The Bertz CT molecular complexity index is 4240. The number of aromatic nitrogens is 4. The summed E-state index contributed by atoms with van der Waals surface area (Å²) in [6, 6.07) is 83.2. The van der Waals surface area contributed by atoms with E-state index in [1.807, 2.05) is 0 Å². The van der Waals surface area contributed by atoms with Crippen molar-refractivity contribution in [3.63, 3.8) is 0 Å². The first-order chi connectivity index (χ1) is 33.2. The van der Waals surface area contributed by atoms with Gasteiger partial charge in [-0.3, -0.25) is 4.57 Å². The third-order valence-corrected chi connectivity index (χ3v) is 14.7. The highest BCUT2D eigenvalue weighted by Gasteiger charge is 2.25. The maximum atomic E-state index is 5.66. The van der Waals surface area contributed by atoms with Crippen LogP contribution >= 0.6 is 11.3 Å². The average molecular weight is 871 g/mol. The van der Waals surface area contributed by atoms with Crippen LogP contribution in [0.15, 0.2) is 231 Å². The summed E-state index contributed by atoms with van der Waals surface area (Å²) >= 11 is 1.77. The summed E-state index contributed by atoms with van der Waals surface area (Å²) < 4.78 is 5.78. The van der Waals surface area contributed by atoms with Gasteiger partial charge in [0.2, 0.25) is 5.95 Å². The van der Waals surface area contributed by atoms with Gasteiger partial charge in [-0.15, -0.1) is 11.3 Å². The lowest BCUT2D eigenvalue weighted by atomic mass is 9.99. The van der Waals surface area contributed by atoms with Crippen molar-refractivity contribution in [1.82, 2.24) is 19.1 Å². The molecule has 0 N–H and O–H groups in total. The fourth-order valence-electron chi connectivity index (χ4n) is 10.4. The molecule has 4 aromatic heterocycles. The number of para-hydroxylation sites is 1. The summed E-state index contributed by atoms with van der Waals surface area (Å²) in [6.45, 7) is 0. The van der Waals surface area contributed by atoms with Crippen molar-refractivity contribution < 1.29 is 0 Å². The first-order valence-electron chi connectivity index (χ1n) is 22.7. The van der Waals surface area contributed by atoms with Gasteiger partial charge in [-0.05, 0) is 92.3 Å². The lowest BCUT2D eigenvalue weighted by Crippen LogP contribution is -2.03. The fourth-order valence-corrected chi connectivity index (χ4v) is 11.7. The largest absolute Gasteiger partial charge is 0.309 e. The molecule has 0 saturated heterocycles. The zero-order valence-corrected chi connectivity index (χ0v) is 37.0. The monoisotopic (exact) mass is 870 g/mol. The molecule has 0 aliphatic carbocycles. The number of fused-ring (bicyclic) bond motifs is 10. The number of rotatable bonds is 6. The Morgan fingerprint density at radius 2 is 0.925 bits per heavy atom. The third-order valence-electron chi connectivity index (χ3n) is 13.5. The van der Waals surface area contributed by atoms with Gasteiger partial charge < -0.3 is 4.57 Å². The van der Waals surface area contributed by atoms with Crippen LogP contribution in [-0.4, -0.2) is 19.1 Å². The predicted octanol–water partition coefficient (Wildman–Crippen LogP) is 16.9. The molecular weight excluding hydrogens is 833 g/mol. The number of hydrogen-bond acceptors (Lipinski definition) is 3. The van der Waals surface area contributed by atoms with E-state index >= 15 is 0 Å². The van der Waals surface area contributed by atoms with Gasteiger partial charge in [0.1, 0.15) is 0 Å². The highest BCUT2D eigenvalue weighted by atomic mass is 32.1. The molecule has 14 aromatic rings. The zero-order chi connectivity index (χ0) is 44.0. The molecule has 10 aromatic carbocycles. The third kappa shape index (κ3) is 5.92. The van der Waals surface area contributed by atoms with Crippen LogP contribution in [0.25, 0.3) is 131 Å². The van der Waals surface area contributed by atoms with E-state index < -0.39 is 0 Å². The Labute approximate surface area is 389 Å². The highest BCUT2D eigenvalue weighted by Crippen LogP contribution is 2.48. The van der Waals surface area contributed by atoms with Crippen molar-refractivity contribution in [3.05, 3.63) is 231 Å². The molecule has 0 aliphatic rings. The average Bonchev–Trinajstić information content (AvgIpc) is 4.06. The Morgan fingerprint density at radius 1 is 0.343 bits per heavy atom. The standard InChI is InChI=1S/C62H38N4S/c1-5-18-40(19-6-1)56-59-61(67-60(56)42-22-9-3-10-23-42)58(41-20-7-2-8-21-41)63-62(64-59)66-52-33-31-45(36-50(52)51-35-43-24-13-14-25-44(43)37-55(51)66)46-29-32-49-54(38-46)65(47-26-11-4-12-27-47)53-34-30-39-17-15-16-28-48(39)57(49)53/h1-38H. The lowest BCUT2D eigenvalue weighted by Gasteiger charge is -2.12. The normalized spacial score (nSPS) is 11.9. The molecule has 0 spiro atoms. The van der Waals surface area contributed by atoms with Crippen LogP contribution in [0, 0.1) is 0 Å². The van der Waals surface area contributed by atoms with Crippen molar-refractivity contribution in [3.8, 4) is 55.6 Å². The van der Waals surface area contributed by atoms with Crippen LogP contribution in [0.5, 0.6) is 0 Å². The molecule has 0 aliphatic heterocycles. The van der Waals surface area contributed by atoms with Crippen LogP contribution in [-0.2, 0) is 0 Å². The Balaban J connectivity index is 1.04. The van der Waals surface area contributed by atoms with Crippen molar-refractivity contribution in [2.45, 2.75) is 0 Å². The molecule has 0 atom stereocenters. The number of nitrogens with zero attached hydrogens (tertiary/aromatic N) is 4. The first kappa shape index (κ1) is 37.7. The molecule has 14 rings (SSSR count). The second-order valence-corrected chi connectivity index (χ2v) is 18.3. The zero-order valence-electron chi connectivity index (χ0n) is 36.1. The SMILES string of the molecule is c1ccc(-c2sc3c(-c4ccccc4)nc(-n4c5ccc(-c6ccc7c8c9ccccc9ccc8n(-c8ccccc8)c7c6)cc5c5cc6ccccc6cc54)nc3c2-c2ccccc2)cc1. The van der Waals surface area contributed by atoms with Gasteiger partial charge in [0, 0.05) is 43.2 Å². The molecular formula is C62H38N4S. The van der Waals surface area contributed by atoms with Crippen molar-refractivity contribution in [2.24, 2.45) is 0 Å². The quantitative estimate of drug-likeness (QED) is 0.167. The van der Waals surface area contributed by atoms with Crippen molar-refractivity contribution in [1.29, 1.82) is 0 Å². The summed E-state index contributed by atoms with van der Waals surface area (Å²) in [4.78, 5) is 12.4. The lowest BCUT2D eigenvalue weighted by molar-refractivity contribution is 1.02. The molecule has 0 bridgehead atoms. The van der Waals surface area contributed by atoms with Gasteiger partial charge in [0.15, 0.2) is 0 Å². The number of thiophene rings is 1. The molecule has 312 valence electrons. The van der Waals surface area contributed by atoms with E-state index in [9.17, 15) is 0 Å². The Kier molecular flexibility index (Phi) is 8.42. The molecule has 0 saturated carbocycles. The van der Waals surface area contributed by atoms with Gasteiger partial charge in [0.25, 0.3) is 0 Å². The maximum absolute atomic E-state index is 5.66. The highest BCUT2D eigenvalue weighted by molar-refractivity contribution is 7.23. The van der Waals surface area contributed by atoms with E-state index in [1.165, 1.54) is 48.2 Å². The van der Waals surface area contributed by atoms with E-state index in [0.29, 0.717) is 5.95 Å². The summed E-state index contributed by atoms with van der Waals surface area (Å²) in [5.41, 5.74) is 14.3. The van der Waals surface area contributed by atoms with Gasteiger partial charge in [0.05, 0.1) is 38.0 Å². The fraction of sp³-hybridized carbons (Fsp3) is 0. The van der Waals surface area contributed by atoms with Crippen LogP contribution in [0.3, 0.4) is 0 Å². The van der Waals surface area contributed by atoms with Gasteiger partial charge >= 0.3 is 0 Å². The van der Waals surface area contributed by atoms with Gasteiger partial charge in [-0.25, -0.2) is 9.97 Å². The van der Waals surface area contributed by atoms with E-state index in [-0.39, 0.29) is 0 Å². The second-order valence-electron chi connectivity index (χ2n) is 17.3. The van der Waals surface area contributed by atoms with Crippen LogP contribution < -0.4 is 0 Å². The summed E-state index contributed by atoms with van der Waals surface area (Å²) in [6.07, 6.45) is 0. The number of benzene rings is 10. The molecule has 4 heterocycles. The number of hydrogen-bond donors (Lipinski definition) is 0. The minimum atomic E-state index is 0.644. The molecule has 5 heteroatoms. The summed E-state index contributed by atoms with van der Waals surface area (Å²) in [5.74, 6) is 0.644. The van der Waals surface area contributed by atoms with Crippen LogP contribution in [0.4, 0.5) is 0 Å². The predicted molar refractivity (Wildman–Crippen MR) is 283 cm³/mol. The Hall–Kier alpha value is -8.64. The van der Waals surface area contributed by atoms with Gasteiger partial charge in [-0.2, -0.15) is 0 Å². The minimum Gasteiger partial charge on any atom is -0.309 e. The van der Waals surface area contributed by atoms with Crippen molar-refractivity contribution in [2.75, 3.05) is 0 Å². The Morgan fingerprint density at radius 3 is 1.69 bits per heavy atom. The first-order valence-corrected chi connectivity index (χ1v) is 23.5. The van der Waals surface area contributed by atoms with E-state index in [4.69, 9.17) is 9.97 Å². The maximum Gasteiger partial charge on any atom is 0.235 e. The van der Waals surface area contributed by atoms with E-state index in [1.54, 1.807) is 11.3 Å². The molecule has 67 heavy (non-hydrogen) atoms. The molecule has 0 fully saturated rings. The van der Waals surface area contributed by atoms with Gasteiger partial charge in [-0.1, -0.05) is 182 Å². The molecule has 0 unspecified atom stereocenters. The summed E-state index contributed by atoms with van der Waals surface area (Å²) in [7, 11) is 0. The molecule has 0 radical (unpaired) electrons. The van der Waals surface area contributed by atoms with E-state index in [2.05, 4.69) is 240 Å². The molecule has 0 amide bonds. The minimum absolute atomic E-state index is 0.644.